The molecule has 3 N–H and O–H groups in total. The van der Waals surface area contributed by atoms with Gasteiger partial charge in [0.2, 0.25) is 5.91 Å². The van der Waals surface area contributed by atoms with Crippen LogP contribution in [-0.4, -0.2) is 24.5 Å². The number of aromatic amines is 1. The Labute approximate surface area is 198 Å². The minimum atomic E-state index is -0.716. The highest BCUT2D eigenvalue weighted by molar-refractivity contribution is 9.10. The van der Waals surface area contributed by atoms with E-state index in [1.807, 2.05) is 24.3 Å². The van der Waals surface area contributed by atoms with E-state index in [1.165, 1.54) is 6.07 Å². The number of rotatable bonds is 9. The molecule has 33 heavy (non-hydrogen) atoms. The first-order valence-corrected chi connectivity index (χ1v) is 11.0. The maximum Gasteiger partial charge on any atom is 0.266 e. The molecule has 0 aliphatic heterocycles. The van der Waals surface area contributed by atoms with Gasteiger partial charge in [0.05, 0.1) is 6.54 Å². The Hall–Kier alpha value is -3.04. The number of halogens is 3. The van der Waals surface area contributed by atoms with Crippen LogP contribution in [-0.2, 0) is 24.4 Å². The molecule has 0 aliphatic rings. The van der Waals surface area contributed by atoms with Gasteiger partial charge in [0.25, 0.3) is 5.56 Å². The molecule has 3 rings (SSSR count). The Kier molecular flexibility index (Phi) is 8.35. The Morgan fingerprint density at radius 2 is 1.82 bits per heavy atom. The molecular weight excluding hydrogens is 496 g/mol. The van der Waals surface area contributed by atoms with Crippen molar-refractivity contribution in [1.82, 2.24) is 15.6 Å². The van der Waals surface area contributed by atoms with Gasteiger partial charge in [-0.15, -0.1) is 0 Å². The lowest BCUT2D eigenvalue weighted by Gasteiger charge is -2.16. The van der Waals surface area contributed by atoms with Crippen LogP contribution in [0.2, 0.25) is 0 Å². The van der Waals surface area contributed by atoms with E-state index < -0.39 is 11.6 Å². The minimum Gasteiger partial charge on any atom is -0.487 e. The van der Waals surface area contributed by atoms with Gasteiger partial charge in [-0.05, 0) is 53.2 Å². The molecule has 1 aromatic heterocycles. The Morgan fingerprint density at radius 1 is 1.12 bits per heavy atom. The number of carbonyl (C=O) groups excluding carboxylic acids is 1. The molecule has 6 nitrogen and oxygen atoms in total. The van der Waals surface area contributed by atoms with E-state index >= 15 is 0 Å². The van der Waals surface area contributed by atoms with Crippen molar-refractivity contribution in [2.24, 2.45) is 0 Å². The second kappa shape index (κ2) is 11.2. The molecule has 0 aliphatic carbocycles. The van der Waals surface area contributed by atoms with Gasteiger partial charge < -0.3 is 20.4 Å². The first kappa shape index (κ1) is 24.6. The summed E-state index contributed by atoms with van der Waals surface area (Å²) in [5.41, 5.74) is 3.08. The predicted molar refractivity (Wildman–Crippen MR) is 125 cm³/mol. The number of hydrogen-bond donors (Lipinski definition) is 3. The van der Waals surface area contributed by atoms with Crippen LogP contribution in [0, 0.1) is 18.6 Å². The molecule has 0 saturated carbocycles. The second-order valence-electron chi connectivity index (χ2n) is 7.53. The number of H-pyrrole nitrogens is 1. The summed E-state index contributed by atoms with van der Waals surface area (Å²) in [5, 5.41) is 5.61. The van der Waals surface area contributed by atoms with Crippen molar-refractivity contribution >= 4 is 21.8 Å². The van der Waals surface area contributed by atoms with Gasteiger partial charge >= 0.3 is 0 Å². The molecule has 9 heteroatoms. The lowest BCUT2D eigenvalue weighted by molar-refractivity contribution is -0.120. The van der Waals surface area contributed by atoms with Crippen molar-refractivity contribution < 1.29 is 18.3 Å². The number of ether oxygens (including phenoxy) is 1. The summed E-state index contributed by atoms with van der Waals surface area (Å²) in [4.78, 5) is 26.6. The average Bonchev–Trinajstić information content (AvgIpc) is 2.78. The normalized spacial score (nSPS) is 10.8. The fraction of sp³-hybridized carbons (Fsp3) is 0.250. The molecule has 0 atom stereocenters. The summed E-state index contributed by atoms with van der Waals surface area (Å²) in [6, 6.07) is 11.0. The maximum absolute atomic E-state index is 14.0. The third kappa shape index (κ3) is 6.49. The van der Waals surface area contributed by atoms with Crippen molar-refractivity contribution in [3.8, 4) is 5.75 Å². The molecule has 0 unspecified atom stereocenters. The second-order valence-corrected chi connectivity index (χ2v) is 8.32. The lowest BCUT2D eigenvalue weighted by atomic mass is 10.0. The summed E-state index contributed by atoms with van der Waals surface area (Å²) in [7, 11) is 1.71. The molecule has 0 fully saturated rings. The molecule has 0 saturated heterocycles. The molecule has 1 heterocycles. The van der Waals surface area contributed by atoms with E-state index in [1.54, 1.807) is 14.0 Å². The number of aromatic nitrogens is 1. The van der Waals surface area contributed by atoms with Crippen LogP contribution in [0.4, 0.5) is 8.78 Å². The summed E-state index contributed by atoms with van der Waals surface area (Å²) < 4.78 is 33.2. The Bertz CT molecular complexity index is 1200. The quantitative estimate of drug-likeness (QED) is 0.402. The van der Waals surface area contributed by atoms with Crippen LogP contribution in [0.5, 0.6) is 5.75 Å². The first-order valence-electron chi connectivity index (χ1n) is 10.3. The van der Waals surface area contributed by atoms with Crippen molar-refractivity contribution in [2.75, 3.05) is 13.6 Å². The van der Waals surface area contributed by atoms with Crippen LogP contribution in [0.1, 0.15) is 27.9 Å². The van der Waals surface area contributed by atoms with Gasteiger partial charge in [-0.2, -0.15) is 0 Å². The number of amides is 1. The van der Waals surface area contributed by atoms with Crippen molar-refractivity contribution in [2.45, 2.75) is 26.5 Å². The van der Waals surface area contributed by atoms with Crippen LogP contribution < -0.4 is 20.9 Å². The molecule has 0 spiro atoms. The fourth-order valence-corrected chi connectivity index (χ4v) is 3.71. The molecule has 0 radical (unpaired) electrons. The largest absolute Gasteiger partial charge is 0.487 e. The van der Waals surface area contributed by atoms with Crippen molar-refractivity contribution in [3.63, 3.8) is 0 Å². The zero-order valence-corrected chi connectivity index (χ0v) is 19.8. The number of carbonyl (C=O) groups is 1. The highest BCUT2D eigenvalue weighted by atomic mass is 79.9. The number of benzene rings is 2. The zero-order chi connectivity index (χ0) is 24.0. The lowest BCUT2D eigenvalue weighted by Crippen LogP contribution is -2.31. The first-order chi connectivity index (χ1) is 15.8. The summed E-state index contributed by atoms with van der Waals surface area (Å²) in [6.45, 7) is 2.27. The third-order valence-electron chi connectivity index (χ3n) is 5.04. The number of pyridine rings is 1. The van der Waals surface area contributed by atoms with Gasteiger partial charge in [0.1, 0.15) is 28.5 Å². The molecule has 174 valence electrons. The van der Waals surface area contributed by atoms with Crippen LogP contribution in [0.3, 0.4) is 0 Å². The monoisotopic (exact) mass is 519 g/mol. The van der Waals surface area contributed by atoms with Gasteiger partial charge in [-0.25, -0.2) is 8.78 Å². The van der Waals surface area contributed by atoms with E-state index in [-0.39, 0.29) is 34.7 Å². The van der Waals surface area contributed by atoms with E-state index in [9.17, 15) is 18.4 Å². The highest BCUT2D eigenvalue weighted by Gasteiger charge is 2.17. The molecule has 3 aromatic rings. The van der Waals surface area contributed by atoms with Gasteiger partial charge in [0, 0.05) is 35.9 Å². The smallest absolute Gasteiger partial charge is 0.266 e. The fourth-order valence-electron chi connectivity index (χ4n) is 3.26. The molecular formula is C24H24BrF2N3O3. The van der Waals surface area contributed by atoms with Gasteiger partial charge in [0.15, 0.2) is 0 Å². The topological polar surface area (TPSA) is 83.2 Å². The minimum absolute atomic E-state index is 0.0883. The number of nitrogens with one attached hydrogen (secondary N) is 3. The van der Waals surface area contributed by atoms with Crippen LogP contribution in [0.15, 0.2) is 51.7 Å². The van der Waals surface area contributed by atoms with E-state index in [0.717, 1.165) is 28.8 Å². The SMILES string of the molecule is CNCC(=O)NCc1ccc(Cc2c(C)[nH]c(=O)c(Br)c2OCc2ccc(F)cc2F)cc1. The van der Waals surface area contributed by atoms with Crippen molar-refractivity contribution in [3.05, 3.63) is 96.9 Å². The van der Waals surface area contributed by atoms with E-state index in [2.05, 4.69) is 31.5 Å². The standard InChI is InChI=1S/C24H24BrF2N3O3/c1-14-19(9-15-3-5-16(6-4-15)11-29-21(31)12-28-2)23(22(25)24(32)30-14)33-13-17-7-8-18(26)10-20(17)27/h3-8,10,28H,9,11-13H2,1-2H3,(H,29,31)(H,30,32). The molecule has 0 bridgehead atoms. The molecule has 2 aromatic carbocycles. The number of likely N-dealkylation sites (N-methyl/N-ethyl adjacent to an activating group) is 1. The van der Waals surface area contributed by atoms with Gasteiger partial charge in [-0.1, -0.05) is 24.3 Å². The molecule has 1 amide bonds. The van der Waals surface area contributed by atoms with E-state index in [4.69, 9.17) is 4.74 Å². The Morgan fingerprint density at radius 3 is 2.48 bits per heavy atom. The van der Waals surface area contributed by atoms with Crippen LogP contribution in [0.25, 0.3) is 0 Å². The van der Waals surface area contributed by atoms with Crippen LogP contribution >= 0.6 is 15.9 Å². The Balaban J connectivity index is 1.79. The predicted octanol–water partition coefficient (Wildman–Crippen LogP) is 3.73. The number of aryl methyl sites for hydroxylation is 1. The van der Waals surface area contributed by atoms with Gasteiger partial charge in [-0.3, -0.25) is 9.59 Å². The highest BCUT2D eigenvalue weighted by Crippen LogP contribution is 2.31. The zero-order valence-electron chi connectivity index (χ0n) is 18.2. The summed E-state index contributed by atoms with van der Waals surface area (Å²) >= 11 is 3.27. The maximum atomic E-state index is 14.0. The number of hydrogen-bond acceptors (Lipinski definition) is 4. The summed E-state index contributed by atoms with van der Waals surface area (Å²) in [6.07, 6.45) is 0.453. The van der Waals surface area contributed by atoms with E-state index in [0.29, 0.717) is 24.4 Å². The summed E-state index contributed by atoms with van der Waals surface area (Å²) in [5.74, 6) is -1.17. The average molecular weight is 520 g/mol. The van der Waals surface area contributed by atoms with Crippen molar-refractivity contribution in [1.29, 1.82) is 0 Å². The third-order valence-corrected chi connectivity index (χ3v) is 5.76.